The predicted molar refractivity (Wildman–Crippen MR) is 140 cm³/mol. The van der Waals surface area contributed by atoms with Gasteiger partial charge >= 0.3 is 0 Å². The van der Waals surface area contributed by atoms with Crippen LogP contribution in [0.3, 0.4) is 0 Å². The lowest BCUT2D eigenvalue weighted by Gasteiger charge is -2.33. The molecule has 2 N–H and O–H groups in total. The third kappa shape index (κ3) is 5.85. The van der Waals surface area contributed by atoms with E-state index in [1.165, 1.54) is 22.8 Å². The molecule has 0 aliphatic heterocycles. The van der Waals surface area contributed by atoms with E-state index in [9.17, 15) is 14.4 Å². The second kappa shape index (κ2) is 10.7. The molecule has 0 fully saturated rings. The van der Waals surface area contributed by atoms with Crippen LogP contribution in [0, 0.1) is 0 Å². The molecule has 37 heavy (non-hydrogen) atoms. The van der Waals surface area contributed by atoms with Gasteiger partial charge in [0.15, 0.2) is 6.04 Å². The van der Waals surface area contributed by atoms with Crippen LogP contribution in [0.1, 0.15) is 45.9 Å². The Kier molecular flexibility index (Phi) is 7.37. The van der Waals surface area contributed by atoms with Crippen LogP contribution in [0.25, 0.3) is 11.0 Å². The number of nitrogens with one attached hydrogen (secondary N) is 2. The number of amides is 3. The fourth-order valence-electron chi connectivity index (χ4n) is 3.89. The van der Waals surface area contributed by atoms with Gasteiger partial charge in [0.2, 0.25) is 11.8 Å². The van der Waals surface area contributed by atoms with E-state index in [1.807, 2.05) is 45.0 Å². The minimum Gasteiger partial charge on any atom is -0.467 e. The summed E-state index contributed by atoms with van der Waals surface area (Å²) in [4.78, 5) is 40.5. The highest BCUT2D eigenvalue weighted by atomic mass is 16.3. The number of aromatic nitrogens is 3. The number of hydrogen-bond donors (Lipinski definition) is 2. The topological polar surface area (TPSA) is 122 Å². The van der Waals surface area contributed by atoms with Crippen LogP contribution in [0.5, 0.6) is 0 Å². The zero-order chi connectivity index (χ0) is 26.6. The van der Waals surface area contributed by atoms with Gasteiger partial charge in [0, 0.05) is 23.8 Å². The number of carbonyl (C=O) groups is 3. The van der Waals surface area contributed by atoms with Crippen LogP contribution in [-0.4, -0.2) is 38.3 Å². The highest BCUT2D eigenvalue weighted by Crippen LogP contribution is 2.31. The van der Waals surface area contributed by atoms with Gasteiger partial charge in [-0.15, -0.1) is 5.10 Å². The minimum absolute atomic E-state index is 0.157. The molecular formula is C27H30N6O4. The monoisotopic (exact) mass is 502 g/mol. The molecule has 0 bridgehead atoms. The van der Waals surface area contributed by atoms with Crippen LogP contribution in [-0.2, 0) is 20.9 Å². The van der Waals surface area contributed by atoms with E-state index in [-0.39, 0.29) is 18.4 Å². The summed E-state index contributed by atoms with van der Waals surface area (Å²) in [6, 6.07) is 16.3. The van der Waals surface area contributed by atoms with Crippen molar-refractivity contribution in [1.82, 2.24) is 20.3 Å². The lowest BCUT2D eigenvalue weighted by Crippen LogP contribution is -2.51. The number of hydrogen-bond acceptors (Lipinski definition) is 6. The van der Waals surface area contributed by atoms with Crippen molar-refractivity contribution >= 4 is 40.1 Å². The summed E-state index contributed by atoms with van der Waals surface area (Å²) < 4.78 is 7.16. The van der Waals surface area contributed by atoms with E-state index < -0.39 is 17.5 Å². The summed E-state index contributed by atoms with van der Waals surface area (Å²) in [6.07, 6.45) is 2.15. The molecule has 0 saturated carbocycles. The van der Waals surface area contributed by atoms with E-state index >= 15 is 0 Å². The van der Waals surface area contributed by atoms with Crippen molar-refractivity contribution in [3.05, 3.63) is 72.7 Å². The van der Waals surface area contributed by atoms with Gasteiger partial charge in [0.25, 0.3) is 5.91 Å². The number of anilines is 2. The van der Waals surface area contributed by atoms with Gasteiger partial charge < -0.3 is 15.1 Å². The highest BCUT2D eigenvalue weighted by molar-refractivity contribution is 6.01. The third-order valence-electron chi connectivity index (χ3n) is 6.10. The van der Waals surface area contributed by atoms with E-state index in [2.05, 4.69) is 20.9 Å². The van der Waals surface area contributed by atoms with Gasteiger partial charge in [-0.3, -0.25) is 19.3 Å². The zero-order valence-corrected chi connectivity index (χ0v) is 21.3. The number of rotatable bonds is 9. The van der Waals surface area contributed by atoms with E-state index in [0.717, 1.165) is 0 Å². The van der Waals surface area contributed by atoms with E-state index in [0.29, 0.717) is 34.6 Å². The predicted octanol–water partition coefficient (Wildman–Crippen LogP) is 4.06. The first-order valence-corrected chi connectivity index (χ1v) is 12.0. The second-order valence-electron chi connectivity index (χ2n) is 9.37. The summed E-state index contributed by atoms with van der Waals surface area (Å²) in [5.74, 6) is -0.682. The Bertz CT molecular complexity index is 1390. The average Bonchev–Trinajstić information content (AvgIpc) is 3.53. The fourth-order valence-corrected chi connectivity index (χ4v) is 3.89. The maximum absolute atomic E-state index is 13.9. The Balaban J connectivity index is 1.77. The lowest BCUT2D eigenvalue weighted by molar-refractivity contribution is -0.128. The number of nitrogens with zero attached hydrogens (tertiary/aromatic N) is 4. The second-order valence-corrected chi connectivity index (χ2v) is 9.37. The molecule has 4 aromatic rings. The first-order chi connectivity index (χ1) is 17.7. The molecule has 2 heterocycles. The molecule has 4 rings (SSSR count). The largest absolute Gasteiger partial charge is 0.467 e. The van der Waals surface area contributed by atoms with Crippen molar-refractivity contribution in [3.8, 4) is 0 Å². The Morgan fingerprint density at radius 1 is 1.05 bits per heavy atom. The Morgan fingerprint density at radius 3 is 2.43 bits per heavy atom. The summed E-state index contributed by atoms with van der Waals surface area (Å²) >= 11 is 0. The first kappa shape index (κ1) is 25.6. The number of furan rings is 1. The molecule has 10 heteroatoms. The van der Waals surface area contributed by atoms with Crippen LogP contribution in [0.15, 0.2) is 71.3 Å². The van der Waals surface area contributed by atoms with Gasteiger partial charge in [0.05, 0.1) is 11.8 Å². The van der Waals surface area contributed by atoms with Crippen molar-refractivity contribution in [1.29, 1.82) is 0 Å². The zero-order valence-electron chi connectivity index (χ0n) is 21.3. The summed E-state index contributed by atoms with van der Waals surface area (Å²) in [5.41, 5.74) is 1.87. The maximum atomic E-state index is 13.9. The molecule has 192 valence electrons. The highest BCUT2D eigenvalue weighted by Gasteiger charge is 2.37. The van der Waals surface area contributed by atoms with Crippen LogP contribution in [0.4, 0.5) is 11.4 Å². The number of carbonyl (C=O) groups excluding carboxylic acids is 3. The normalized spacial score (nSPS) is 12.2. The smallest absolute Gasteiger partial charge is 0.251 e. The van der Waals surface area contributed by atoms with Gasteiger partial charge in [-0.2, -0.15) is 0 Å². The lowest BCUT2D eigenvalue weighted by atomic mass is 10.0. The molecule has 0 saturated heterocycles. The number of benzene rings is 2. The van der Waals surface area contributed by atoms with Crippen molar-refractivity contribution < 1.29 is 18.8 Å². The summed E-state index contributed by atoms with van der Waals surface area (Å²) in [5, 5.41) is 14.0. The van der Waals surface area contributed by atoms with Crippen LogP contribution in [0.2, 0.25) is 0 Å². The van der Waals surface area contributed by atoms with Crippen molar-refractivity contribution in [3.63, 3.8) is 0 Å². The number of fused-ring (bicyclic) bond motifs is 1. The van der Waals surface area contributed by atoms with Crippen LogP contribution >= 0.6 is 0 Å². The summed E-state index contributed by atoms with van der Waals surface area (Å²) in [7, 11) is 0. The van der Waals surface area contributed by atoms with Gasteiger partial charge in [0.1, 0.15) is 17.8 Å². The van der Waals surface area contributed by atoms with Crippen molar-refractivity contribution in [2.75, 3.05) is 10.2 Å². The molecule has 0 aliphatic rings. The van der Waals surface area contributed by atoms with Gasteiger partial charge in [-0.05, 0) is 68.8 Å². The number of para-hydroxylation sites is 1. The molecule has 3 amide bonds. The van der Waals surface area contributed by atoms with Gasteiger partial charge in [-0.25, -0.2) is 4.68 Å². The molecule has 2 aromatic carbocycles. The first-order valence-electron chi connectivity index (χ1n) is 12.0. The standard InChI is InChI=1S/C27H30N6O4/c1-5-27(3,4)29-26(36)25(23-11-8-16-37-23)33(20-14-12-19(13-15-20)28-18(2)34)24(35)17-32-22-10-7-6-9-21(22)30-31-32/h6-16,25H,5,17H2,1-4H3,(H,28,34)(H,29,36)/t25-/m1/s1. The Hall–Kier alpha value is -4.47. The summed E-state index contributed by atoms with van der Waals surface area (Å²) in [6.45, 7) is 7.07. The molecule has 0 unspecified atom stereocenters. The van der Waals surface area contributed by atoms with Crippen molar-refractivity contribution in [2.24, 2.45) is 0 Å². The SMILES string of the molecule is CCC(C)(C)NC(=O)[C@@H](c1ccco1)N(C(=O)Cn1nnc2ccccc21)c1ccc(NC(C)=O)cc1. The molecule has 0 spiro atoms. The van der Waals surface area contributed by atoms with Crippen LogP contribution < -0.4 is 15.5 Å². The molecule has 10 nitrogen and oxygen atoms in total. The quantitative estimate of drug-likeness (QED) is 0.356. The minimum atomic E-state index is -1.09. The fraction of sp³-hybridized carbons (Fsp3) is 0.296. The molecule has 1 atom stereocenters. The van der Waals surface area contributed by atoms with Gasteiger partial charge in [-0.1, -0.05) is 24.3 Å². The third-order valence-corrected chi connectivity index (χ3v) is 6.10. The van der Waals surface area contributed by atoms with Crippen molar-refractivity contribution in [2.45, 2.75) is 52.2 Å². The molecule has 0 aliphatic carbocycles. The maximum Gasteiger partial charge on any atom is 0.251 e. The van der Waals surface area contributed by atoms with E-state index in [4.69, 9.17) is 4.42 Å². The average molecular weight is 503 g/mol. The van der Waals surface area contributed by atoms with E-state index in [1.54, 1.807) is 36.4 Å². The molecule has 0 radical (unpaired) electrons. The molecular weight excluding hydrogens is 472 g/mol. The Labute approximate surface area is 214 Å². The Morgan fingerprint density at radius 2 is 1.78 bits per heavy atom. The molecule has 2 aromatic heterocycles.